The third-order valence-electron chi connectivity index (χ3n) is 4.36. The minimum absolute atomic E-state index is 0.159. The van der Waals surface area contributed by atoms with E-state index in [4.69, 9.17) is 0 Å². The largest absolute Gasteiger partial charge is 0.337 e. The number of imidazole rings is 1. The molecule has 0 spiro atoms. The highest BCUT2D eigenvalue weighted by Gasteiger charge is 2.29. The zero-order valence-corrected chi connectivity index (χ0v) is 15.6. The first-order valence-electron chi connectivity index (χ1n) is 8.56. The van der Waals surface area contributed by atoms with Gasteiger partial charge in [-0.05, 0) is 35.9 Å². The van der Waals surface area contributed by atoms with Crippen LogP contribution in [0.4, 0.5) is 19.3 Å². The van der Waals surface area contributed by atoms with E-state index in [1.54, 1.807) is 24.3 Å². The number of benzene rings is 2. The van der Waals surface area contributed by atoms with E-state index in [-0.39, 0.29) is 29.0 Å². The summed E-state index contributed by atoms with van der Waals surface area (Å²) < 4.78 is 25.5. The van der Waals surface area contributed by atoms with Crippen LogP contribution in [0, 0.1) is 0 Å². The minimum atomic E-state index is -2.72. The molecule has 1 saturated heterocycles. The van der Waals surface area contributed by atoms with Gasteiger partial charge in [0.05, 0.1) is 23.3 Å². The molecule has 2 N–H and O–H groups in total. The fourth-order valence-electron chi connectivity index (χ4n) is 2.89. The number of nitrogens with zero attached hydrogens (tertiary/aromatic N) is 2. The van der Waals surface area contributed by atoms with Gasteiger partial charge in [0, 0.05) is 11.3 Å². The molecule has 2 aromatic carbocycles. The molecule has 0 radical (unpaired) electrons. The van der Waals surface area contributed by atoms with Gasteiger partial charge in [-0.1, -0.05) is 23.9 Å². The van der Waals surface area contributed by atoms with Crippen LogP contribution in [0.25, 0.3) is 11.0 Å². The summed E-state index contributed by atoms with van der Waals surface area (Å²) in [5.74, 6) is -0.913. The molecule has 29 heavy (non-hydrogen) atoms. The summed E-state index contributed by atoms with van der Waals surface area (Å²) in [5.41, 5.74) is 2.26. The summed E-state index contributed by atoms with van der Waals surface area (Å²) in [5, 5.41) is 2.45. The predicted octanol–water partition coefficient (Wildman–Crippen LogP) is 3.95. The second-order valence-corrected chi connectivity index (χ2v) is 7.27. The smallest absolute Gasteiger partial charge is 0.295 e. The Bertz CT molecular complexity index is 1100. The molecule has 0 saturated carbocycles. The number of nitrogens with one attached hydrogen (secondary N) is 2. The lowest BCUT2D eigenvalue weighted by molar-refractivity contribution is -0.125. The highest BCUT2D eigenvalue weighted by molar-refractivity contribution is 8.14. The van der Waals surface area contributed by atoms with Crippen LogP contribution in [-0.4, -0.2) is 37.7 Å². The number of hydrogen-bond acceptors (Lipinski definition) is 5. The van der Waals surface area contributed by atoms with E-state index in [0.717, 1.165) is 17.3 Å². The third kappa shape index (κ3) is 3.97. The van der Waals surface area contributed by atoms with Gasteiger partial charge in [0.15, 0.2) is 5.82 Å². The Morgan fingerprint density at radius 3 is 2.62 bits per heavy atom. The lowest BCUT2D eigenvalue weighted by Crippen LogP contribution is -2.27. The zero-order valence-electron chi connectivity index (χ0n) is 14.8. The van der Waals surface area contributed by atoms with Crippen molar-refractivity contribution in [3.63, 3.8) is 0 Å². The van der Waals surface area contributed by atoms with Crippen LogP contribution in [-0.2, 0) is 11.3 Å². The van der Waals surface area contributed by atoms with Gasteiger partial charge >= 0.3 is 0 Å². The molecular formula is C19H14F2N4O3S. The Morgan fingerprint density at radius 2 is 1.97 bits per heavy atom. The number of carbonyl (C=O) groups excluding carboxylic acids is 3. The minimum Gasteiger partial charge on any atom is -0.337 e. The number of imide groups is 1. The highest BCUT2D eigenvalue weighted by atomic mass is 32.2. The third-order valence-corrected chi connectivity index (χ3v) is 5.22. The number of hydrogen-bond donors (Lipinski definition) is 2. The zero-order chi connectivity index (χ0) is 20.5. The maximum absolute atomic E-state index is 12.7. The van der Waals surface area contributed by atoms with Gasteiger partial charge in [0.25, 0.3) is 17.6 Å². The molecule has 1 aromatic heterocycles. The number of aromatic amines is 1. The van der Waals surface area contributed by atoms with E-state index in [2.05, 4.69) is 15.3 Å². The van der Waals surface area contributed by atoms with E-state index in [1.807, 2.05) is 0 Å². The molecule has 148 valence electrons. The number of alkyl halides is 2. The average Bonchev–Trinajstić information content (AvgIpc) is 3.27. The number of halogens is 2. The molecule has 0 bridgehead atoms. The van der Waals surface area contributed by atoms with Gasteiger partial charge in [-0.2, -0.15) is 0 Å². The van der Waals surface area contributed by atoms with Gasteiger partial charge in [-0.15, -0.1) is 0 Å². The molecule has 4 rings (SSSR count). The first kappa shape index (κ1) is 19.1. The Morgan fingerprint density at radius 1 is 1.21 bits per heavy atom. The highest BCUT2D eigenvalue weighted by Crippen LogP contribution is 2.23. The van der Waals surface area contributed by atoms with E-state index < -0.39 is 18.2 Å². The quantitative estimate of drug-likeness (QED) is 0.657. The topological polar surface area (TPSA) is 95.2 Å². The summed E-state index contributed by atoms with van der Waals surface area (Å²) in [6.45, 7) is 0.182. The van der Waals surface area contributed by atoms with Crippen molar-refractivity contribution in [1.82, 2.24) is 14.9 Å². The number of thioether (sulfide) groups is 1. The summed E-state index contributed by atoms with van der Waals surface area (Å²) in [6, 6.07) is 11.2. The van der Waals surface area contributed by atoms with Crippen molar-refractivity contribution in [3.8, 4) is 0 Å². The first-order chi connectivity index (χ1) is 13.9. The molecule has 0 unspecified atom stereocenters. The Hall–Kier alpha value is -3.27. The van der Waals surface area contributed by atoms with Gasteiger partial charge in [0.1, 0.15) is 0 Å². The molecule has 1 fully saturated rings. The molecule has 3 aromatic rings. The summed E-state index contributed by atoms with van der Waals surface area (Å²) in [4.78, 5) is 43.2. The molecule has 0 aliphatic carbocycles. The lowest BCUT2D eigenvalue weighted by atomic mass is 10.1. The molecule has 10 heteroatoms. The molecule has 3 amide bonds. The van der Waals surface area contributed by atoms with Crippen LogP contribution in [0.1, 0.15) is 28.2 Å². The normalized spacial score (nSPS) is 14.2. The Kier molecular flexibility index (Phi) is 5.01. The lowest BCUT2D eigenvalue weighted by Gasteiger charge is -2.13. The van der Waals surface area contributed by atoms with Crippen molar-refractivity contribution in [1.29, 1.82) is 0 Å². The number of anilines is 1. The number of aromatic nitrogens is 2. The van der Waals surface area contributed by atoms with E-state index in [9.17, 15) is 23.2 Å². The second-order valence-electron chi connectivity index (χ2n) is 6.34. The van der Waals surface area contributed by atoms with Crippen LogP contribution < -0.4 is 5.32 Å². The second kappa shape index (κ2) is 7.63. The van der Waals surface area contributed by atoms with Crippen LogP contribution in [0.15, 0.2) is 42.5 Å². The van der Waals surface area contributed by atoms with Crippen LogP contribution in [0.5, 0.6) is 0 Å². The van der Waals surface area contributed by atoms with Crippen molar-refractivity contribution < 1.29 is 23.2 Å². The van der Waals surface area contributed by atoms with Gasteiger partial charge < -0.3 is 10.3 Å². The number of amides is 3. The number of fused-ring (bicyclic) bond motifs is 1. The number of H-pyrrole nitrogens is 1. The maximum atomic E-state index is 12.7. The summed E-state index contributed by atoms with van der Waals surface area (Å²) in [7, 11) is 0. The summed E-state index contributed by atoms with van der Waals surface area (Å²) in [6.07, 6.45) is -2.72. The van der Waals surface area contributed by atoms with E-state index in [0.29, 0.717) is 16.7 Å². The van der Waals surface area contributed by atoms with Crippen molar-refractivity contribution >= 4 is 45.5 Å². The summed E-state index contributed by atoms with van der Waals surface area (Å²) >= 11 is 0.977. The monoisotopic (exact) mass is 416 g/mol. The predicted molar refractivity (Wildman–Crippen MR) is 104 cm³/mol. The fraction of sp³-hybridized carbons (Fsp3) is 0.158. The van der Waals surface area contributed by atoms with E-state index >= 15 is 0 Å². The van der Waals surface area contributed by atoms with Gasteiger partial charge in [0.2, 0.25) is 5.91 Å². The fourth-order valence-corrected chi connectivity index (χ4v) is 3.61. The average molecular weight is 416 g/mol. The Balaban J connectivity index is 1.44. The van der Waals surface area contributed by atoms with Crippen molar-refractivity contribution in [2.45, 2.75) is 13.0 Å². The maximum Gasteiger partial charge on any atom is 0.295 e. The first-order valence-corrected chi connectivity index (χ1v) is 9.54. The van der Waals surface area contributed by atoms with Gasteiger partial charge in [-0.3, -0.25) is 19.3 Å². The van der Waals surface area contributed by atoms with Crippen LogP contribution in [0.3, 0.4) is 0 Å². The van der Waals surface area contributed by atoms with E-state index in [1.165, 1.54) is 23.1 Å². The van der Waals surface area contributed by atoms with Crippen molar-refractivity contribution in [2.24, 2.45) is 0 Å². The van der Waals surface area contributed by atoms with Crippen molar-refractivity contribution in [2.75, 3.05) is 11.1 Å². The van der Waals surface area contributed by atoms with Gasteiger partial charge in [-0.25, -0.2) is 13.8 Å². The molecule has 0 atom stereocenters. The molecular weight excluding hydrogens is 402 g/mol. The van der Waals surface area contributed by atoms with Crippen LogP contribution >= 0.6 is 11.8 Å². The number of carbonyl (C=O) groups is 3. The molecule has 2 heterocycles. The standard InChI is InChI=1S/C19H14F2N4O3S/c20-16(21)17-23-13-6-3-11(7-14(13)24-17)18(27)22-12-4-1-10(2-5-12)8-25-15(26)9-29-19(25)28/h1-7,16H,8-9H2,(H,22,27)(H,23,24). The Labute approximate surface area is 167 Å². The van der Waals surface area contributed by atoms with Crippen LogP contribution in [0.2, 0.25) is 0 Å². The number of rotatable bonds is 5. The molecule has 1 aliphatic heterocycles. The molecule has 7 nitrogen and oxygen atoms in total. The SMILES string of the molecule is O=C(Nc1ccc(CN2C(=O)CSC2=O)cc1)c1ccc2nc(C(F)F)[nH]c2c1. The van der Waals surface area contributed by atoms with Crippen molar-refractivity contribution in [3.05, 3.63) is 59.4 Å². The molecule has 1 aliphatic rings.